The van der Waals surface area contributed by atoms with Crippen molar-refractivity contribution in [3.05, 3.63) is 71.4 Å². The van der Waals surface area contributed by atoms with Crippen LogP contribution in [0.25, 0.3) is 11.8 Å². The molecule has 9 nitrogen and oxygen atoms in total. The molecule has 2 aromatic heterocycles. The third-order valence-electron chi connectivity index (χ3n) is 8.19. The maximum atomic E-state index is 13.8. The van der Waals surface area contributed by atoms with Crippen molar-refractivity contribution in [2.45, 2.75) is 17.7 Å². The van der Waals surface area contributed by atoms with E-state index in [1.807, 2.05) is 16.9 Å². The summed E-state index contributed by atoms with van der Waals surface area (Å²) in [6, 6.07) is 9.74. The van der Waals surface area contributed by atoms with Gasteiger partial charge in [0.05, 0.1) is 24.2 Å². The van der Waals surface area contributed by atoms with Crippen molar-refractivity contribution < 1.29 is 17.5 Å². The molecule has 1 unspecified atom stereocenters. The maximum absolute atomic E-state index is 13.8. The van der Waals surface area contributed by atoms with Crippen LogP contribution in [0.3, 0.4) is 0 Å². The highest BCUT2D eigenvalue weighted by Gasteiger charge is 2.46. The molecule has 11 heteroatoms. The van der Waals surface area contributed by atoms with Crippen LogP contribution < -0.4 is 4.90 Å². The number of ether oxygens (including phenoxy) is 1. The molecule has 2 fully saturated rings. The molecule has 206 valence electrons. The minimum absolute atomic E-state index is 0.209. The van der Waals surface area contributed by atoms with Gasteiger partial charge in [-0.15, -0.1) is 0 Å². The molecule has 0 N–H and O–H groups in total. The highest BCUT2D eigenvalue weighted by atomic mass is 32.2. The SMILES string of the molecule is COCC12Cc3cnn(-c4ccc(F)cc4)c3C=C1CCN(S(=O)(=O)c1ccc(N3CCN(C)CC3)nc1)C2. The van der Waals surface area contributed by atoms with Gasteiger partial charge in [-0.25, -0.2) is 22.5 Å². The number of halogens is 1. The number of rotatable bonds is 6. The van der Waals surface area contributed by atoms with E-state index in [0.717, 1.165) is 54.5 Å². The van der Waals surface area contributed by atoms with Crippen LogP contribution in [0.1, 0.15) is 17.7 Å². The number of hydrogen-bond acceptors (Lipinski definition) is 7. The zero-order chi connectivity index (χ0) is 27.2. The zero-order valence-corrected chi connectivity index (χ0v) is 23.1. The number of aromatic nitrogens is 3. The van der Waals surface area contributed by atoms with Crippen molar-refractivity contribution >= 4 is 21.9 Å². The van der Waals surface area contributed by atoms with E-state index >= 15 is 0 Å². The monoisotopic (exact) mass is 552 g/mol. The number of piperidine rings is 1. The Kier molecular flexibility index (Phi) is 6.78. The van der Waals surface area contributed by atoms with Gasteiger partial charge in [0.15, 0.2) is 0 Å². The van der Waals surface area contributed by atoms with Gasteiger partial charge in [-0.05, 0) is 67.9 Å². The van der Waals surface area contributed by atoms with Gasteiger partial charge < -0.3 is 14.5 Å². The predicted molar refractivity (Wildman–Crippen MR) is 147 cm³/mol. The number of anilines is 1. The lowest BCUT2D eigenvalue weighted by Crippen LogP contribution is -2.51. The maximum Gasteiger partial charge on any atom is 0.244 e. The molecule has 0 spiro atoms. The van der Waals surface area contributed by atoms with Crippen LogP contribution in [-0.4, -0.2) is 92.4 Å². The van der Waals surface area contributed by atoms with Gasteiger partial charge in [0.2, 0.25) is 10.0 Å². The van der Waals surface area contributed by atoms with Crippen LogP contribution >= 0.6 is 0 Å². The summed E-state index contributed by atoms with van der Waals surface area (Å²) in [5.74, 6) is 0.509. The Morgan fingerprint density at radius 1 is 1.03 bits per heavy atom. The number of benzene rings is 1. The van der Waals surface area contributed by atoms with Crippen LogP contribution in [0.4, 0.5) is 10.2 Å². The van der Waals surface area contributed by atoms with Crippen LogP contribution in [0.5, 0.6) is 0 Å². The molecule has 1 aromatic carbocycles. The van der Waals surface area contributed by atoms with E-state index in [4.69, 9.17) is 4.74 Å². The fourth-order valence-electron chi connectivity index (χ4n) is 5.99. The molecule has 0 saturated carbocycles. The van der Waals surface area contributed by atoms with Crippen molar-refractivity contribution in [1.29, 1.82) is 0 Å². The number of hydrogen-bond donors (Lipinski definition) is 0. The van der Waals surface area contributed by atoms with E-state index in [0.29, 0.717) is 32.5 Å². The van der Waals surface area contributed by atoms with Crippen LogP contribution in [0.2, 0.25) is 0 Å². The molecule has 0 bridgehead atoms. The molecular formula is C28H33FN6O3S. The minimum Gasteiger partial charge on any atom is -0.384 e. The van der Waals surface area contributed by atoms with Gasteiger partial charge in [-0.2, -0.15) is 9.40 Å². The van der Waals surface area contributed by atoms with Crippen molar-refractivity contribution in [3.8, 4) is 5.69 Å². The first-order valence-electron chi connectivity index (χ1n) is 13.2. The fourth-order valence-corrected chi connectivity index (χ4v) is 7.46. The van der Waals surface area contributed by atoms with Crippen LogP contribution in [0, 0.1) is 11.2 Å². The predicted octanol–water partition coefficient (Wildman–Crippen LogP) is 2.83. The van der Waals surface area contributed by atoms with E-state index < -0.39 is 15.4 Å². The average molecular weight is 553 g/mol. The van der Waals surface area contributed by atoms with Crippen molar-refractivity contribution in [3.63, 3.8) is 0 Å². The summed E-state index contributed by atoms with van der Waals surface area (Å²) in [5, 5.41) is 4.58. The number of pyridine rings is 1. The molecular weight excluding hydrogens is 519 g/mol. The standard InChI is InChI=1S/C28H33FN6O3S/c1-32-11-13-33(14-12-32)27-8-7-25(18-30-27)39(36,37)34-10-9-22-15-26-21(16-28(22,19-34)20-38-2)17-31-35(26)24-5-3-23(29)4-6-24/h3-8,15,17-18H,9-14,16,19-20H2,1-2H3. The number of sulfonamides is 1. The highest BCUT2D eigenvalue weighted by Crippen LogP contribution is 2.45. The number of piperazine rings is 1. The van der Waals surface area contributed by atoms with Crippen molar-refractivity contribution in [2.75, 3.05) is 64.9 Å². The first-order chi connectivity index (χ1) is 18.8. The topological polar surface area (TPSA) is 83.8 Å². The van der Waals surface area contributed by atoms with Crippen molar-refractivity contribution in [2.24, 2.45) is 5.41 Å². The average Bonchev–Trinajstić information content (AvgIpc) is 3.34. The molecule has 0 radical (unpaired) electrons. The van der Waals surface area contributed by atoms with Crippen molar-refractivity contribution in [1.82, 2.24) is 24.0 Å². The first-order valence-corrected chi connectivity index (χ1v) is 14.7. The lowest BCUT2D eigenvalue weighted by Gasteiger charge is -2.45. The molecule has 39 heavy (non-hydrogen) atoms. The quantitative estimate of drug-likeness (QED) is 0.465. The molecule has 4 heterocycles. The van der Waals surface area contributed by atoms with Gasteiger partial charge in [-0.1, -0.05) is 5.57 Å². The summed E-state index contributed by atoms with van der Waals surface area (Å²) in [4.78, 5) is 9.19. The Labute approximate surface area is 228 Å². The second-order valence-corrected chi connectivity index (χ2v) is 12.7. The Hall–Kier alpha value is -3.12. The molecule has 3 aromatic rings. The molecule has 0 amide bonds. The zero-order valence-electron chi connectivity index (χ0n) is 22.3. The second-order valence-electron chi connectivity index (χ2n) is 10.7. The molecule has 1 atom stereocenters. The number of nitrogens with zero attached hydrogens (tertiary/aromatic N) is 6. The number of methoxy groups -OCH3 is 1. The number of fused-ring (bicyclic) bond motifs is 2. The Morgan fingerprint density at radius 2 is 1.79 bits per heavy atom. The van der Waals surface area contributed by atoms with E-state index in [-0.39, 0.29) is 10.7 Å². The Balaban J connectivity index is 1.25. The van der Waals surface area contributed by atoms with Gasteiger partial charge >= 0.3 is 0 Å². The summed E-state index contributed by atoms with van der Waals surface area (Å²) >= 11 is 0. The van der Waals surface area contributed by atoms with E-state index in [9.17, 15) is 12.8 Å². The molecule has 2 aliphatic heterocycles. The Morgan fingerprint density at radius 3 is 2.49 bits per heavy atom. The summed E-state index contributed by atoms with van der Waals surface area (Å²) < 4.78 is 50.1. The van der Waals surface area contributed by atoms with Gasteiger partial charge in [0, 0.05) is 58.0 Å². The van der Waals surface area contributed by atoms with Crippen LogP contribution in [-0.2, 0) is 21.2 Å². The highest BCUT2D eigenvalue weighted by molar-refractivity contribution is 7.89. The largest absolute Gasteiger partial charge is 0.384 e. The molecule has 3 aliphatic rings. The second kappa shape index (κ2) is 10.1. The smallest absolute Gasteiger partial charge is 0.244 e. The fraction of sp³-hybridized carbons (Fsp3) is 0.429. The lowest BCUT2D eigenvalue weighted by molar-refractivity contribution is 0.0733. The lowest BCUT2D eigenvalue weighted by atomic mass is 9.69. The van der Waals surface area contributed by atoms with Gasteiger partial charge in [0.25, 0.3) is 0 Å². The third-order valence-corrected chi connectivity index (χ3v) is 10.0. The Bertz CT molecular complexity index is 1480. The van der Waals surface area contributed by atoms with E-state index in [2.05, 4.69) is 33.0 Å². The summed E-state index contributed by atoms with van der Waals surface area (Å²) in [7, 11) is 0.00946. The van der Waals surface area contributed by atoms with E-state index in [1.54, 1.807) is 29.6 Å². The van der Waals surface area contributed by atoms with Crippen LogP contribution in [0.15, 0.2) is 59.3 Å². The molecule has 2 saturated heterocycles. The summed E-state index contributed by atoms with van der Waals surface area (Å²) in [5.41, 5.74) is 3.40. The normalized spacial score (nSPS) is 22.3. The molecule has 1 aliphatic carbocycles. The summed E-state index contributed by atoms with van der Waals surface area (Å²) in [6.07, 6.45) is 6.62. The minimum atomic E-state index is -3.74. The summed E-state index contributed by atoms with van der Waals surface area (Å²) in [6.45, 7) is 4.74. The van der Waals surface area contributed by atoms with Gasteiger partial charge in [0.1, 0.15) is 16.5 Å². The first kappa shape index (κ1) is 26.1. The molecule has 6 rings (SSSR count). The third kappa shape index (κ3) is 4.77. The van der Waals surface area contributed by atoms with E-state index in [1.165, 1.54) is 18.3 Å². The van der Waals surface area contributed by atoms with Gasteiger partial charge in [-0.3, -0.25) is 0 Å². The number of likely N-dealkylation sites (N-methyl/N-ethyl adjacent to an activating group) is 1.